The largest absolute Gasteiger partial charge is 0.422 e. The minimum Gasteiger partial charge on any atom is -0.241 e. The van der Waals surface area contributed by atoms with Crippen molar-refractivity contribution in [2.24, 2.45) is 0 Å². The third-order valence-electron chi connectivity index (χ3n) is 6.19. The molecule has 0 aliphatic carbocycles. The lowest BCUT2D eigenvalue weighted by Gasteiger charge is -2.12. The van der Waals surface area contributed by atoms with Crippen LogP contribution >= 0.6 is 0 Å². The van der Waals surface area contributed by atoms with E-state index in [0.29, 0.717) is 53.9 Å². The van der Waals surface area contributed by atoms with Gasteiger partial charge >= 0.3 is 6.18 Å². The topological polar surface area (TPSA) is 25.8 Å². The van der Waals surface area contributed by atoms with E-state index in [1.807, 2.05) is 0 Å². The number of allylic oxidation sites excluding steroid dienone is 1. The molecule has 208 valence electrons. The highest BCUT2D eigenvalue weighted by atomic mass is 19.4. The van der Waals surface area contributed by atoms with E-state index in [0.717, 1.165) is 6.07 Å². The molecule has 3 aromatic carbocycles. The van der Waals surface area contributed by atoms with Crippen molar-refractivity contribution in [3.63, 3.8) is 0 Å². The fraction of sp³-hybridized carbons (Fsp3) is 0.200. The summed E-state index contributed by atoms with van der Waals surface area (Å²) in [6.45, 7) is 1.76. The molecule has 0 aliphatic rings. The number of nitrogens with zero attached hydrogens (tertiary/aromatic N) is 2. The summed E-state index contributed by atoms with van der Waals surface area (Å²) in [4.78, 5) is 8.58. The van der Waals surface area contributed by atoms with Crippen molar-refractivity contribution in [2.45, 2.75) is 38.8 Å². The summed E-state index contributed by atoms with van der Waals surface area (Å²) in [6.07, 6.45) is -0.918. The van der Waals surface area contributed by atoms with Crippen LogP contribution in [0.3, 0.4) is 0 Å². The van der Waals surface area contributed by atoms with Crippen molar-refractivity contribution in [3.05, 3.63) is 113 Å². The van der Waals surface area contributed by atoms with Crippen molar-refractivity contribution in [3.8, 4) is 22.3 Å². The Morgan fingerprint density at radius 1 is 0.725 bits per heavy atom. The van der Waals surface area contributed by atoms with Crippen molar-refractivity contribution < 1.29 is 35.1 Å². The van der Waals surface area contributed by atoms with E-state index >= 15 is 0 Å². The van der Waals surface area contributed by atoms with Crippen LogP contribution in [-0.4, -0.2) is 9.97 Å². The Balaban J connectivity index is 1.43. The van der Waals surface area contributed by atoms with Gasteiger partial charge in [0.1, 0.15) is 34.7 Å². The third-order valence-corrected chi connectivity index (χ3v) is 6.19. The van der Waals surface area contributed by atoms with Gasteiger partial charge in [0, 0.05) is 41.9 Å². The monoisotopic (exact) mass is 562 g/mol. The summed E-state index contributed by atoms with van der Waals surface area (Å²) < 4.78 is 109. The molecule has 4 aromatic rings. The molecule has 0 radical (unpaired) electrons. The van der Waals surface area contributed by atoms with E-state index in [9.17, 15) is 35.1 Å². The number of benzene rings is 3. The zero-order chi connectivity index (χ0) is 29.0. The van der Waals surface area contributed by atoms with Crippen molar-refractivity contribution >= 4 is 5.83 Å². The second kappa shape index (κ2) is 12.0. The van der Waals surface area contributed by atoms with E-state index in [-0.39, 0.29) is 23.1 Å². The lowest BCUT2D eigenvalue weighted by atomic mass is 9.99. The third kappa shape index (κ3) is 6.55. The zero-order valence-corrected chi connectivity index (χ0v) is 21.1. The second-order valence-corrected chi connectivity index (χ2v) is 9.06. The summed E-state index contributed by atoms with van der Waals surface area (Å²) in [5, 5.41) is 0. The Morgan fingerprint density at radius 3 is 1.90 bits per heavy atom. The Morgan fingerprint density at radius 2 is 1.35 bits per heavy atom. The van der Waals surface area contributed by atoms with Gasteiger partial charge in [0.15, 0.2) is 5.83 Å². The van der Waals surface area contributed by atoms with Gasteiger partial charge in [-0.05, 0) is 47.7 Å². The first kappa shape index (κ1) is 28.9. The van der Waals surface area contributed by atoms with Gasteiger partial charge in [-0.25, -0.2) is 31.9 Å². The fourth-order valence-electron chi connectivity index (χ4n) is 4.13. The van der Waals surface area contributed by atoms with Crippen LogP contribution in [0.2, 0.25) is 0 Å². The number of aromatic nitrogens is 2. The molecule has 2 nitrogen and oxygen atoms in total. The Bertz CT molecular complexity index is 1500. The highest BCUT2D eigenvalue weighted by molar-refractivity contribution is 5.68. The van der Waals surface area contributed by atoms with Crippen molar-refractivity contribution in [1.82, 2.24) is 9.97 Å². The van der Waals surface area contributed by atoms with Crippen LogP contribution in [0.5, 0.6) is 0 Å². The van der Waals surface area contributed by atoms with Crippen LogP contribution in [0, 0.1) is 17.5 Å². The summed E-state index contributed by atoms with van der Waals surface area (Å²) in [5.41, 5.74) is -0.621. The summed E-state index contributed by atoms with van der Waals surface area (Å²) in [6, 6.07) is 11.0. The normalized spacial score (nSPS) is 12.4. The van der Waals surface area contributed by atoms with E-state index in [1.165, 1.54) is 24.3 Å². The molecule has 0 aliphatic heterocycles. The highest BCUT2D eigenvalue weighted by Crippen LogP contribution is 2.36. The lowest BCUT2D eigenvalue weighted by Crippen LogP contribution is -2.11. The number of hydrogen-bond donors (Lipinski definition) is 0. The first-order valence-electron chi connectivity index (χ1n) is 12.3. The van der Waals surface area contributed by atoms with Crippen LogP contribution in [-0.2, 0) is 19.0 Å². The Hall–Kier alpha value is -4.08. The molecule has 0 N–H and O–H groups in total. The molecule has 10 heteroatoms. The van der Waals surface area contributed by atoms with Gasteiger partial charge in [0.2, 0.25) is 0 Å². The van der Waals surface area contributed by atoms with Crippen LogP contribution in [0.15, 0.2) is 72.8 Å². The van der Waals surface area contributed by atoms with Gasteiger partial charge in [0.25, 0.3) is 0 Å². The number of hydrogen-bond acceptors (Lipinski definition) is 2. The second-order valence-electron chi connectivity index (χ2n) is 9.06. The molecule has 0 spiro atoms. The molecule has 4 rings (SSSR count). The first-order chi connectivity index (χ1) is 19.0. The van der Waals surface area contributed by atoms with Gasteiger partial charge < -0.3 is 0 Å². The van der Waals surface area contributed by atoms with Crippen molar-refractivity contribution in [2.75, 3.05) is 0 Å². The molecule has 1 aromatic heterocycles. The van der Waals surface area contributed by atoms with Crippen molar-refractivity contribution in [1.29, 1.82) is 0 Å². The predicted octanol–water partition coefficient (Wildman–Crippen LogP) is 9.44. The van der Waals surface area contributed by atoms with Crippen LogP contribution in [0.25, 0.3) is 28.1 Å². The molecule has 1 heterocycles. The van der Waals surface area contributed by atoms with E-state index in [1.54, 1.807) is 31.5 Å². The standard InChI is InChI=1S/C30H22F8N2/c1-2-3-23(31)29(35)19-8-6-18(7-9-19)21-15-39-27(40-16-21)11-5-17-4-10-22(24(32)12-17)20-13-25(33)28(26(34)14-20)30(36,37)38/h4,6-10,12-16H,2-3,5,11H2,1H3/b29-23+. The molecule has 0 atom stereocenters. The minimum atomic E-state index is -5.22. The molecule has 0 fully saturated rings. The van der Waals surface area contributed by atoms with Crippen LogP contribution in [0.4, 0.5) is 35.1 Å². The maximum Gasteiger partial charge on any atom is 0.422 e. The van der Waals surface area contributed by atoms with E-state index in [2.05, 4.69) is 9.97 Å². The smallest absolute Gasteiger partial charge is 0.241 e. The average Bonchev–Trinajstić information content (AvgIpc) is 2.91. The molecule has 0 bridgehead atoms. The number of rotatable bonds is 8. The minimum absolute atomic E-state index is 0.0266. The van der Waals surface area contributed by atoms with Gasteiger partial charge in [-0.15, -0.1) is 0 Å². The number of aryl methyl sites for hydroxylation is 2. The SMILES string of the molecule is CCC/C(F)=C(\F)c1ccc(-c2cnc(CCc3ccc(-c4cc(F)c(C(F)(F)F)c(F)c4)c(F)c3)nc2)cc1. The summed E-state index contributed by atoms with van der Waals surface area (Å²) in [5.74, 6) is -5.73. The predicted molar refractivity (Wildman–Crippen MR) is 136 cm³/mol. The summed E-state index contributed by atoms with van der Waals surface area (Å²) in [7, 11) is 0. The van der Waals surface area contributed by atoms with Gasteiger partial charge in [-0.3, -0.25) is 0 Å². The highest BCUT2D eigenvalue weighted by Gasteiger charge is 2.38. The molecule has 0 unspecified atom stereocenters. The van der Waals surface area contributed by atoms with Gasteiger partial charge in [-0.2, -0.15) is 13.2 Å². The molecular weight excluding hydrogens is 540 g/mol. The number of alkyl halides is 3. The number of halogens is 8. The van der Waals surface area contributed by atoms with Gasteiger partial charge in [0.05, 0.1) is 0 Å². The molecule has 0 saturated carbocycles. The Kier molecular flexibility index (Phi) is 8.66. The molecular formula is C30H22F8N2. The molecule has 0 amide bonds. The maximum atomic E-state index is 14.7. The fourth-order valence-corrected chi connectivity index (χ4v) is 4.13. The quantitative estimate of drug-likeness (QED) is 0.200. The molecule has 40 heavy (non-hydrogen) atoms. The van der Waals surface area contributed by atoms with Crippen LogP contribution in [0.1, 0.15) is 42.3 Å². The van der Waals surface area contributed by atoms with E-state index < -0.39 is 40.8 Å². The lowest BCUT2D eigenvalue weighted by molar-refractivity contribution is -0.142. The maximum absolute atomic E-state index is 14.7. The summed E-state index contributed by atoms with van der Waals surface area (Å²) >= 11 is 0. The van der Waals surface area contributed by atoms with Gasteiger partial charge in [-0.1, -0.05) is 43.3 Å². The van der Waals surface area contributed by atoms with E-state index in [4.69, 9.17) is 0 Å². The average molecular weight is 563 g/mol. The first-order valence-corrected chi connectivity index (χ1v) is 12.3. The zero-order valence-electron chi connectivity index (χ0n) is 21.1. The van der Waals surface area contributed by atoms with Crippen LogP contribution < -0.4 is 0 Å². The Labute approximate surface area is 225 Å². The molecule has 0 saturated heterocycles.